The molecule has 18 heavy (non-hydrogen) atoms. The Morgan fingerprint density at radius 2 is 1.94 bits per heavy atom. The molecular formula is C14H9F2NO. The lowest BCUT2D eigenvalue weighted by Crippen LogP contribution is -1.92. The van der Waals surface area contributed by atoms with Crippen molar-refractivity contribution in [2.24, 2.45) is 0 Å². The van der Waals surface area contributed by atoms with Crippen molar-refractivity contribution >= 4 is 0 Å². The predicted octanol–water partition coefficient (Wildman–Crippen LogP) is 3.94. The molecule has 2 aromatic carbocycles. The Kier molecular flexibility index (Phi) is 3.24. The quantitative estimate of drug-likeness (QED) is 0.802. The van der Waals surface area contributed by atoms with Gasteiger partial charge < -0.3 is 4.74 Å². The lowest BCUT2D eigenvalue weighted by Gasteiger charge is -2.08. The molecule has 0 heterocycles. The smallest absolute Gasteiger partial charge is 0.201 e. The number of nitrogens with zero attached hydrogens (tertiary/aromatic N) is 1. The van der Waals surface area contributed by atoms with Crippen LogP contribution < -0.4 is 4.74 Å². The van der Waals surface area contributed by atoms with Crippen molar-refractivity contribution < 1.29 is 13.5 Å². The molecule has 0 bridgehead atoms. The molecule has 0 saturated carbocycles. The molecule has 2 aromatic rings. The molecule has 0 N–H and O–H groups in total. The van der Waals surface area contributed by atoms with Crippen LogP contribution in [0.2, 0.25) is 0 Å². The minimum absolute atomic E-state index is 0.206. The van der Waals surface area contributed by atoms with Crippen LogP contribution in [0.5, 0.6) is 11.5 Å². The van der Waals surface area contributed by atoms with Crippen LogP contribution in [0.15, 0.2) is 36.4 Å². The van der Waals surface area contributed by atoms with Gasteiger partial charge >= 0.3 is 0 Å². The van der Waals surface area contributed by atoms with Crippen molar-refractivity contribution in [2.75, 3.05) is 0 Å². The number of nitriles is 1. The average molecular weight is 245 g/mol. The van der Waals surface area contributed by atoms with E-state index in [1.54, 1.807) is 19.1 Å². The van der Waals surface area contributed by atoms with E-state index in [4.69, 9.17) is 10.00 Å². The maximum atomic E-state index is 13.4. The Labute approximate surface area is 103 Å². The van der Waals surface area contributed by atoms with Crippen LogP contribution in [0.25, 0.3) is 0 Å². The van der Waals surface area contributed by atoms with E-state index in [1.165, 1.54) is 18.2 Å². The summed E-state index contributed by atoms with van der Waals surface area (Å²) in [6.07, 6.45) is 0. The van der Waals surface area contributed by atoms with Crippen molar-refractivity contribution in [3.63, 3.8) is 0 Å². The third-order valence-corrected chi connectivity index (χ3v) is 2.47. The van der Waals surface area contributed by atoms with Gasteiger partial charge in [-0.25, -0.2) is 4.39 Å². The molecule has 0 unspecified atom stereocenters. The zero-order chi connectivity index (χ0) is 13.1. The Morgan fingerprint density at radius 1 is 1.17 bits per heavy atom. The standard InChI is InChI=1S/C14H9F2NO/c1-9-5-6-11(7-10(9)8-17)18-13-4-2-3-12(15)14(13)16/h2-7H,1H3. The fourth-order valence-electron chi connectivity index (χ4n) is 1.47. The number of rotatable bonds is 2. The molecule has 90 valence electrons. The number of halogens is 2. The van der Waals surface area contributed by atoms with E-state index in [1.807, 2.05) is 6.07 Å². The van der Waals surface area contributed by atoms with Crippen LogP contribution in [-0.2, 0) is 0 Å². The van der Waals surface area contributed by atoms with Gasteiger partial charge in [0.15, 0.2) is 11.6 Å². The first kappa shape index (κ1) is 12.1. The molecular weight excluding hydrogens is 236 g/mol. The summed E-state index contributed by atoms with van der Waals surface area (Å²) < 4.78 is 31.6. The molecule has 0 spiro atoms. The SMILES string of the molecule is Cc1ccc(Oc2cccc(F)c2F)cc1C#N. The van der Waals surface area contributed by atoms with Gasteiger partial charge in [-0.1, -0.05) is 12.1 Å². The van der Waals surface area contributed by atoms with E-state index in [-0.39, 0.29) is 5.75 Å². The lowest BCUT2D eigenvalue weighted by atomic mass is 10.1. The molecule has 0 radical (unpaired) electrons. The van der Waals surface area contributed by atoms with Crippen LogP contribution in [0.4, 0.5) is 8.78 Å². The van der Waals surface area contributed by atoms with Crippen molar-refractivity contribution in [1.29, 1.82) is 5.26 Å². The predicted molar refractivity (Wildman–Crippen MR) is 62.3 cm³/mol. The maximum Gasteiger partial charge on any atom is 0.201 e. The highest BCUT2D eigenvalue weighted by atomic mass is 19.2. The van der Waals surface area contributed by atoms with Crippen molar-refractivity contribution in [2.45, 2.75) is 6.92 Å². The second-order valence-electron chi connectivity index (χ2n) is 3.74. The van der Waals surface area contributed by atoms with Crippen LogP contribution in [0.3, 0.4) is 0 Å². The minimum Gasteiger partial charge on any atom is -0.454 e. The average Bonchev–Trinajstić information content (AvgIpc) is 2.37. The Bertz CT molecular complexity index is 632. The van der Waals surface area contributed by atoms with E-state index in [0.717, 1.165) is 11.6 Å². The van der Waals surface area contributed by atoms with E-state index < -0.39 is 11.6 Å². The zero-order valence-electron chi connectivity index (χ0n) is 9.58. The summed E-state index contributed by atoms with van der Waals surface area (Å²) >= 11 is 0. The Balaban J connectivity index is 2.35. The van der Waals surface area contributed by atoms with E-state index in [2.05, 4.69) is 0 Å². The number of hydrogen-bond acceptors (Lipinski definition) is 2. The second-order valence-corrected chi connectivity index (χ2v) is 3.74. The summed E-state index contributed by atoms with van der Waals surface area (Å²) in [5.41, 5.74) is 1.23. The molecule has 0 fully saturated rings. The van der Waals surface area contributed by atoms with Gasteiger partial charge in [0.1, 0.15) is 5.75 Å². The lowest BCUT2D eigenvalue weighted by molar-refractivity contribution is 0.416. The number of hydrogen-bond donors (Lipinski definition) is 0. The molecule has 4 heteroatoms. The summed E-state index contributed by atoms with van der Waals surface area (Å²) in [6, 6.07) is 10.5. The third-order valence-electron chi connectivity index (χ3n) is 2.47. The van der Waals surface area contributed by atoms with Gasteiger partial charge in [-0.05, 0) is 36.8 Å². The minimum atomic E-state index is -1.04. The van der Waals surface area contributed by atoms with Gasteiger partial charge in [-0.2, -0.15) is 9.65 Å². The fraction of sp³-hybridized carbons (Fsp3) is 0.0714. The summed E-state index contributed by atoms with van der Waals surface area (Å²) in [7, 11) is 0. The Hall–Kier alpha value is -2.41. The first-order valence-corrected chi connectivity index (χ1v) is 5.24. The van der Waals surface area contributed by atoms with Gasteiger partial charge in [-0.3, -0.25) is 0 Å². The molecule has 2 nitrogen and oxygen atoms in total. The highest BCUT2D eigenvalue weighted by Gasteiger charge is 2.10. The van der Waals surface area contributed by atoms with Crippen LogP contribution in [0.1, 0.15) is 11.1 Å². The van der Waals surface area contributed by atoms with Crippen LogP contribution in [0, 0.1) is 29.9 Å². The van der Waals surface area contributed by atoms with Crippen LogP contribution in [-0.4, -0.2) is 0 Å². The molecule has 0 aliphatic carbocycles. The van der Waals surface area contributed by atoms with Gasteiger partial charge in [0.25, 0.3) is 0 Å². The van der Waals surface area contributed by atoms with Crippen molar-refractivity contribution in [1.82, 2.24) is 0 Å². The maximum absolute atomic E-state index is 13.4. The first-order valence-electron chi connectivity index (χ1n) is 5.24. The molecule has 0 aromatic heterocycles. The topological polar surface area (TPSA) is 33.0 Å². The monoisotopic (exact) mass is 245 g/mol. The summed E-state index contributed by atoms with van der Waals surface area (Å²) in [5, 5.41) is 8.87. The molecule has 0 amide bonds. The largest absolute Gasteiger partial charge is 0.454 e. The third kappa shape index (κ3) is 2.30. The molecule has 2 rings (SSSR count). The number of benzene rings is 2. The highest BCUT2D eigenvalue weighted by molar-refractivity contribution is 5.44. The van der Waals surface area contributed by atoms with Crippen molar-refractivity contribution in [3.8, 4) is 17.6 Å². The molecule has 0 aliphatic rings. The van der Waals surface area contributed by atoms with E-state index in [9.17, 15) is 8.78 Å². The summed E-state index contributed by atoms with van der Waals surface area (Å²) in [4.78, 5) is 0. The molecule has 0 atom stereocenters. The first-order chi connectivity index (χ1) is 8.61. The zero-order valence-corrected chi connectivity index (χ0v) is 9.58. The summed E-state index contributed by atoms with van der Waals surface area (Å²) in [6.45, 7) is 1.78. The van der Waals surface area contributed by atoms with Gasteiger partial charge in [0.05, 0.1) is 11.6 Å². The van der Waals surface area contributed by atoms with Crippen molar-refractivity contribution in [3.05, 3.63) is 59.2 Å². The Morgan fingerprint density at radius 3 is 2.67 bits per heavy atom. The van der Waals surface area contributed by atoms with Crippen LogP contribution >= 0.6 is 0 Å². The molecule has 0 aliphatic heterocycles. The van der Waals surface area contributed by atoms with Gasteiger partial charge in [0.2, 0.25) is 5.82 Å². The van der Waals surface area contributed by atoms with E-state index in [0.29, 0.717) is 11.3 Å². The molecule has 0 saturated heterocycles. The van der Waals surface area contributed by atoms with E-state index >= 15 is 0 Å². The fourth-order valence-corrected chi connectivity index (χ4v) is 1.47. The van der Waals surface area contributed by atoms with Gasteiger partial charge in [-0.15, -0.1) is 0 Å². The second kappa shape index (κ2) is 4.84. The number of aryl methyl sites for hydroxylation is 1. The highest BCUT2D eigenvalue weighted by Crippen LogP contribution is 2.27. The summed E-state index contributed by atoms with van der Waals surface area (Å²) in [5.74, 6) is -1.93. The normalized spacial score (nSPS) is 9.89. The number of ether oxygens (including phenoxy) is 1. The van der Waals surface area contributed by atoms with Gasteiger partial charge in [0, 0.05) is 0 Å².